The molecule has 1 fully saturated rings. The van der Waals surface area contributed by atoms with E-state index in [2.05, 4.69) is 10.2 Å². The van der Waals surface area contributed by atoms with Gasteiger partial charge in [-0.15, -0.1) is 0 Å². The lowest BCUT2D eigenvalue weighted by atomic mass is 10.1. The van der Waals surface area contributed by atoms with Gasteiger partial charge in [-0.3, -0.25) is 9.69 Å². The summed E-state index contributed by atoms with van der Waals surface area (Å²) in [4.78, 5) is 14.6. The number of amides is 1. The molecule has 120 valence electrons. The number of hydrogen-bond donors (Lipinski definition) is 1. The normalized spacial score (nSPS) is 14.9. The molecule has 2 aromatic rings. The predicted octanol–water partition coefficient (Wildman–Crippen LogP) is 4.33. The lowest BCUT2D eigenvalue weighted by molar-refractivity contribution is 0.102. The highest BCUT2D eigenvalue weighted by Gasteiger charge is 2.16. The van der Waals surface area contributed by atoms with Crippen LogP contribution in [0.2, 0.25) is 5.02 Å². The fourth-order valence-electron chi connectivity index (χ4n) is 2.85. The zero-order valence-corrected chi connectivity index (χ0v) is 13.4. The van der Waals surface area contributed by atoms with E-state index < -0.39 is 11.7 Å². The van der Waals surface area contributed by atoms with Crippen LogP contribution in [0.4, 0.5) is 10.1 Å². The zero-order valence-electron chi connectivity index (χ0n) is 12.7. The first kappa shape index (κ1) is 16.0. The maximum Gasteiger partial charge on any atom is 0.260 e. The first-order chi connectivity index (χ1) is 11.1. The van der Waals surface area contributed by atoms with Gasteiger partial charge < -0.3 is 5.32 Å². The van der Waals surface area contributed by atoms with E-state index in [0.29, 0.717) is 5.69 Å². The molecule has 0 bridgehead atoms. The third-order valence-corrected chi connectivity index (χ3v) is 4.29. The van der Waals surface area contributed by atoms with E-state index in [1.54, 1.807) is 6.07 Å². The lowest BCUT2D eigenvalue weighted by Crippen LogP contribution is -2.19. The number of rotatable bonds is 4. The Balaban J connectivity index is 1.73. The second-order valence-electron chi connectivity index (χ2n) is 5.73. The second-order valence-corrected chi connectivity index (χ2v) is 6.14. The molecule has 0 aliphatic carbocycles. The SMILES string of the molecule is O=C(Nc1cccc(CN2CCCC2)c1)c1c(F)cccc1Cl. The molecule has 3 rings (SSSR count). The standard InChI is InChI=1S/C18H18ClFN2O/c19-15-7-4-8-16(20)17(15)18(23)21-14-6-3-5-13(11-14)12-22-9-1-2-10-22/h3-8,11H,1-2,9-10,12H2,(H,21,23). The van der Waals surface area contributed by atoms with Crippen LogP contribution in [0.1, 0.15) is 28.8 Å². The topological polar surface area (TPSA) is 32.3 Å². The minimum atomic E-state index is -0.622. The van der Waals surface area contributed by atoms with Gasteiger partial charge in [0.25, 0.3) is 5.91 Å². The number of benzene rings is 2. The molecule has 0 atom stereocenters. The van der Waals surface area contributed by atoms with Gasteiger partial charge in [0.15, 0.2) is 0 Å². The predicted molar refractivity (Wildman–Crippen MR) is 90.3 cm³/mol. The average Bonchev–Trinajstić information content (AvgIpc) is 3.00. The highest BCUT2D eigenvalue weighted by molar-refractivity contribution is 6.34. The summed E-state index contributed by atoms with van der Waals surface area (Å²) < 4.78 is 13.8. The Morgan fingerprint density at radius 3 is 2.65 bits per heavy atom. The van der Waals surface area contributed by atoms with Crippen LogP contribution >= 0.6 is 11.6 Å². The van der Waals surface area contributed by atoms with Crippen molar-refractivity contribution in [1.82, 2.24) is 4.90 Å². The van der Waals surface area contributed by atoms with Gasteiger partial charge in [-0.2, -0.15) is 0 Å². The van der Waals surface area contributed by atoms with E-state index in [1.807, 2.05) is 18.2 Å². The van der Waals surface area contributed by atoms with Crippen LogP contribution in [0.3, 0.4) is 0 Å². The van der Waals surface area contributed by atoms with Crippen LogP contribution < -0.4 is 5.32 Å². The van der Waals surface area contributed by atoms with Crippen molar-refractivity contribution >= 4 is 23.2 Å². The molecule has 0 aromatic heterocycles. The number of halogens is 2. The number of hydrogen-bond acceptors (Lipinski definition) is 2. The molecule has 2 aromatic carbocycles. The lowest BCUT2D eigenvalue weighted by Gasteiger charge is -2.15. The summed E-state index contributed by atoms with van der Waals surface area (Å²) in [5.41, 5.74) is 1.65. The molecule has 1 amide bonds. The first-order valence-electron chi connectivity index (χ1n) is 7.70. The van der Waals surface area contributed by atoms with Crippen molar-refractivity contribution in [3.8, 4) is 0 Å². The van der Waals surface area contributed by atoms with Crippen molar-refractivity contribution < 1.29 is 9.18 Å². The van der Waals surface area contributed by atoms with Gasteiger partial charge in [-0.25, -0.2) is 4.39 Å². The van der Waals surface area contributed by atoms with Crippen molar-refractivity contribution in [2.24, 2.45) is 0 Å². The molecule has 23 heavy (non-hydrogen) atoms. The molecule has 1 N–H and O–H groups in total. The Bertz CT molecular complexity index is 694. The van der Waals surface area contributed by atoms with E-state index >= 15 is 0 Å². The van der Waals surface area contributed by atoms with E-state index in [0.717, 1.165) is 25.2 Å². The van der Waals surface area contributed by atoms with Crippen LogP contribution in [-0.4, -0.2) is 23.9 Å². The van der Waals surface area contributed by atoms with E-state index in [1.165, 1.54) is 31.0 Å². The fourth-order valence-corrected chi connectivity index (χ4v) is 3.10. The van der Waals surface area contributed by atoms with E-state index in [9.17, 15) is 9.18 Å². The van der Waals surface area contributed by atoms with Crippen molar-refractivity contribution in [1.29, 1.82) is 0 Å². The molecule has 3 nitrogen and oxygen atoms in total. The number of anilines is 1. The Kier molecular flexibility index (Phi) is 4.94. The first-order valence-corrected chi connectivity index (χ1v) is 8.08. The Morgan fingerprint density at radius 2 is 1.91 bits per heavy atom. The van der Waals surface area contributed by atoms with E-state index in [4.69, 9.17) is 11.6 Å². The number of carbonyl (C=O) groups is 1. The monoisotopic (exact) mass is 332 g/mol. The van der Waals surface area contributed by atoms with Gasteiger partial charge in [0.05, 0.1) is 10.6 Å². The van der Waals surface area contributed by atoms with Crippen LogP contribution in [-0.2, 0) is 6.54 Å². The number of nitrogens with zero attached hydrogens (tertiary/aromatic N) is 1. The molecule has 1 heterocycles. The van der Waals surface area contributed by atoms with Gasteiger partial charge in [0.2, 0.25) is 0 Å². The maximum atomic E-state index is 13.8. The maximum absolute atomic E-state index is 13.8. The fraction of sp³-hybridized carbons (Fsp3) is 0.278. The van der Waals surface area contributed by atoms with Gasteiger partial charge in [0.1, 0.15) is 5.82 Å². The Labute approximate surface area is 140 Å². The summed E-state index contributed by atoms with van der Waals surface area (Å²) in [6, 6.07) is 11.8. The number of likely N-dealkylation sites (tertiary alicyclic amines) is 1. The van der Waals surface area contributed by atoms with Crippen LogP contribution in [0, 0.1) is 5.82 Å². The smallest absolute Gasteiger partial charge is 0.260 e. The van der Waals surface area contributed by atoms with Gasteiger partial charge in [-0.1, -0.05) is 29.8 Å². The minimum Gasteiger partial charge on any atom is -0.322 e. The molecule has 1 aliphatic rings. The minimum absolute atomic E-state index is 0.107. The van der Waals surface area contributed by atoms with Crippen molar-refractivity contribution in [2.75, 3.05) is 18.4 Å². The third-order valence-electron chi connectivity index (χ3n) is 3.98. The average molecular weight is 333 g/mol. The summed E-state index contributed by atoms with van der Waals surface area (Å²) in [6.45, 7) is 3.09. The van der Waals surface area contributed by atoms with Gasteiger partial charge >= 0.3 is 0 Å². The molecular weight excluding hydrogens is 315 g/mol. The summed E-state index contributed by atoms with van der Waals surface area (Å²) in [7, 11) is 0. The number of carbonyl (C=O) groups excluding carboxylic acids is 1. The molecule has 1 aliphatic heterocycles. The molecule has 0 radical (unpaired) electrons. The zero-order chi connectivity index (χ0) is 16.2. The highest BCUT2D eigenvalue weighted by Crippen LogP contribution is 2.21. The van der Waals surface area contributed by atoms with Crippen molar-refractivity contribution in [3.05, 3.63) is 64.4 Å². The van der Waals surface area contributed by atoms with Crippen molar-refractivity contribution in [3.63, 3.8) is 0 Å². The second kappa shape index (κ2) is 7.11. The van der Waals surface area contributed by atoms with Crippen LogP contribution in [0.15, 0.2) is 42.5 Å². The third kappa shape index (κ3) is 3.89. The van der Waals surface area contributed by atoms with Crippen LogP contribution in [0.25, 0.3) is 0 Å². The highest BCUT2D eigenvalue weighted by atomic mass is 35.5. The van der Waals surface area contributed by atoms with Gasteiger partial charge in [0, 0.05) is 12.2 Å². The summed E-state index contributed by atoms with van der Waals surface area (Å²) in [5, 5.41) is 2.83. The Hall–Kier alpha value is -1.91. The molecule has 1 saturated heterocycles. The summed E-state index contributed by atoms with van der Waals surface area (Å²) >= 11 is 5.93. The summed E-state index contributed by atoms with van der Waals surface area (Å²) in [5.74, 6) is -1.16. The van der Waals surface area contributed by atoms with E-state index in [-0.39, 0.29) is 10.6 Å². The quantitative estimate of drug-likeness (QED) is 0.904. The molecule has 0 unspecified atom stereocenters. The largest absolute Gasteiger partial charge is 0.322 e. The molecule has 0 spiro atoms. The molecule has 5 heteroatoms. The summed E-state index contributed by atoms with van der Waals surface area (Å²) in [6.07, 6.45) is 2.48. The van der Waals surface area contributed by atoms with Crippen molar-refractivity contribution in [2.45, 2.75) is 19.4 Å². The molecular formula is C18H18ClFN2O. The Morgan fingerprint density at radius 1 is 1.17 bits per heavy atom. The number of nitrogens with one attached hydrogen (secondary N) is 1. The van der Waals surface area contributed by atoms with Gasteiger partial charge in [-0.05, 0) is 55.8 Å². The molecule has 0 saturated carbocycles. The van der Waals surface area contributed by atoms with Crippen LogP contribution in [0.5, 0.6) is 0 Å².